The average Bonchev–Trinajstić information content (AvgIpc) is 2.67. The number of ether oxygens (including phenoxy) is 1. The maximum atomic E-state index is 12.8. The van der Waals surface area contributed by atoms with E-state index < -0.39 is 0 Å². The highest BCUT2D eigenvalue weighted by Crippen LogP contribution is 2.21. The highest BCUT2D eigenvalue weighted by Gasteiger charge is 1.97. The van der Waals surface area contributed by atoms with Crippen LogP contribution in [0.5, 0.6) is 5.75 Å². The molecule has 0 aromatic heterocycles. The summed E-state index contributed by atoms with van der Waals surface area (Å²) in [5, 5.41) is 8.23. The van der Waals surface area contributed by atoms with Gasteiger partial charge in [-0.25, -0.2) is 4.39 Å². The van der Waals surface area contributed by atoms with Gasteiger partial charge in [-0.05, 0) is 55.0 Å². The van der Waals surface area contributed by atoms with Crippen molar-refractivity contribution < 1.29 is 9.13 Å². The summed E-state index contributed by atoms with van der Waals surface area (Å²) < 4.78 is 18.6. The summed E-state index contributed by atoms with van der Waals surface area (Å²) in [6, 6.07) is 13.5. The monoisotopic (exact) mass is 356 g/mol. The van der Waals surface area contributed by atoms with Crippen molar-refractivity contribution in [2.24, 2.45) is 10.2 Å². The van der Waals surface area contributed by atoms with Crippen molar-refractivity contribution in [2.75, 3.05) is 6.61 Å². The molecule has 4 heteroatoms. The van der Waals surface area contributed by atoms with Gasteiger partial charge in [0.1, 0.15) is 11.6 Å². The third kappa shape index (κ3) is 8.24. The standard InChI is InChI=1S/C22H29FN2O/c1-2-3-4-5-6-7-8-9-18-26-22-16-14-21(15-17-22)25-24-20-12-10-19(23)11-13-20/h10-17H,2-9,18H2,1H3. The Bertz CT molecular complexity index is 638. The molecule has 0 aliphatic carbocycles. The van der Waals surface area contributed by atoms with E-state index in [0.717, 1.165) is 24.5 Å². The van der Waals surface area contributed by atoms with E-state index in [4.69, 9.17) is 4.74 Å². The lowest BCUT2D eigenvalue weighted by Crippen LogP contribution is -1.96. The first-order valence-corrected chi connectivity index (χ1v) is 9.68. The molecule has 0 bridgehead atoms. The van der Waals surface area contributed by atoms with Crippen LogP contribution in [0.4, 0.5) is 15.8 Å². The Hall–Kier alpha value is -2.23. The van der Waals surface area contributed by atoms with Gasteiger partial charge >= 0.3 is 0 Å². The highest BCUT2D eigenvalue weighted by atomic mass is 19.1. The number of hydrogen-bond acceptors (Lipinski definition) is 3. The van der Waals surface area contributed by atoms with Crippen molar-refractivity contribution in [2.45, 2.75) is 58.3 Å². The van der Waals surface area contributed by atoms with Gasteiger partial charge in [0.15, 0.2) is 0 Å². The molecule has 0 fully saturated rings. The number of halogens is 1. The van der Waals surface area contributed by atoms with Gasteiger partial charge in [-0.15, -0.1) is 0 Å². The van der Waals surface area contributed by atoms with E-state index in [-0.39, 0.29) is 5.82 Å². The molecule has 0 aliphatic heterocycles. The number of azo groups is 1. The Kier molecular flexibility index (Phi) is 9.41. The molecular formula is C22H29FN2O. The second kappa shape index (κ2) is 12.2. The smallest absolute Gasteiger partial charge is 0.123 e. The fraction of sp³-hybridized carbons (Fsp3) is 0.455. The van der Waals surface area contributed by atoms with Gasteiger partial charge in [0.05, 0.1) is 18.0 Å². The molecule has 140 valence electrons. The van der Waals surface area contributed by atoms with Crippen molar-refractivity contribution in [3.63, 3.8) is 0 Å². The molecule has 0 atom stereocenters. The molecule has 0 saturated carbocycles. The van der Waals surface area contributed by atoms with Gasteiger partial charge in [-0.2, -0.15) is 10.2 Å². The van der Waals surface area contributed by atoms with Gasteiger partial charge in [-0.1, -0.05) is 51.9 Å². The van der Waals surface area contributed by atoms with Crippen molar-refractivity contribution >= 4 is 11.4 Å². The molecule has 2 aromatic carbocycles. The molecule has 0 unspecified atom stereocenters. The summed E-state index contributed by atoms with van der Waals surface area (Å²) in [7, 11) is 0. The third-order valence-electron chi connectivity index (χ3n) is 4.21. The van der Waals surface area contributed by atoms with Crippen molar-refractivity contribution in [1.82, 2.24) is 0 Å². The lowest BCUT2D eigenvalue weighted by Gasteiger charge is -2.06. The summed E-state index contributed by atoms with van der Waals surface area (Å²) in [4.78, 5) is 0. The predicted molar refractivity (Wildman–Crippen MR) is 105 cm³/mol. The van der Waals surface area contributed by atoms with E-state index in [1.165, 1.54) is 57.1 Å². The molecule has 3 nitrogen and oxygen atoms in total. The van der Waals surface area contributed by atoms with E-state index in [9.17, 15) is 4.39 Å². The van der Waals surface area contributed by atoms with Crippen LogP contribution in [0.2, 0.25) is 0 Å². The molecule has 0 N–H and O–H groups in total. The Labute approximate surface area is 156 Å². The quantitative estimate of drug-likeness (QED) is 0.282. The topological polar surface area (TPSA) is 34.0 Å². The van der Waals surface area contributed by atoms with Crippen LogP contribution in [-0.2, 0) is 0 Å². The Morgan fingerprint density at radius 1 is 0.692 bits per heavy atom. The summed E-state index contributed by atoms with van der Waals surface area (Å²) in [5.74, 6) is 0.579. The zero-order valence-corrected chi connectivity index (χ0v) is 15.7. The van der Waals surface area contributed by atoms with Gasteiger partial charge in [0.2, 0.25) is 0 Å². The second-order valence-electron chi connectivity index (χ2n) is 6.49. The molecule has 2 rings (SSSR count). The van der Waals surface area contributed by atoms with Crippen LogP contribution in [0.1, 0.15) is 58.3 Å². The Morgan fingerprint density at radius 2 is 1.19 bits per heavy atom. The summed E-state index contributed by atoms with van der Waals surface area (Å²) in [6.07, 6.45) is 10.4. The Morgan fingerprint density at radius 3 is 1.77 bits per heavy atom. The average molecular weight is 356 g/mol. The van der Waals surface area contributed by atoms with Crippen LogP contribution in [0.25, 0.3) is 0 Å². The highest BCUT2D eigenvalue weighted by molar-refractivity contribution is 5.42. The molecule has 0 saturated heterocycles. The zero-order chi connectivity index (χ0) is 18.5. The van der Waals surface area contributed by atoms with Crippen LogP contribution in [0, 0.1) is 5.82 Å². The molecule has 0 heterocycles. The first-order chi connectivity index (χ1) is 12.8. The molecule has 0 aliphatic rings. The van der Waals surface area contributed by atoms with Crippen LogP contribution in [-0.4, -0.2) is 6.61 Å². The SMILES string of the molecule is CCCCCCCCCCOc1ccc(N=Nc2ccc(F)cc2)cc1. The van der Waals surface area contributed by atoms with E-state index >= 15 is 0 Å². The number of nitrogens with zero attached hydrogens (tertiary/aromatic N) is 2. The molecule has 26 heavy (non-hydrogen) atoms. The maximum Gasteiger partial charge on any atom is 0.123 e. The van der Waals surface area contributed by atoms with Gasteiger partial charge in [0, 0.05) is 0 Å². The van der Waals surface area contributed by atoms with Crippen molar-refractivity contribution in [3.8, 4) is 5.75 Å². The number of hydrogen-bond donors (Lipinski definition) is 0. The van der Waals surface area contributed by atoms with E-state index in [1.54, 1.807) is 12.1 Å². The van der Waals surface area contributed by atoms with E-state index in [0.29, 0.717) is 5.69 Å². The van der Waals surface area contributed by atoms with Gasteiger partial charge in [-0.3, -0.25) is 0 Å². The van der Waals surface area contributed by atoms with Crippen LogP contribution in [0.15, 0.2) is 58.8 Å². The van der Waals surface area contributed by atoms with Crippen molar-refractivity contribution in [3.05, 3.63) is 54.3 Å². The fourth-order valence-corrected chi connectivity index (χ4v) is 2.66. The maximum absolute atomic E-state index is 12.8. The third-order valence-corrected chi connectivity index (χ3v) is 4.21. The Balaban J connectivity index is 1.62. The number of benzene rings is 2. The van der Waals surface area contributed by atoms with Crippen LogP contribution in [0.3, 0.4) is 0 Å². The van der Waals surface area contributed by atoms with Gasteiger partial charge in [0.25, 0.3) is 0 Å². The van der Waals surface area contributed by atoms with Crippen molar-refractivity contribution in [1.29, 1.82) is 0 Å². The minimum atomic E-state index is -0.276. The lowest BCUT2D eigenvalue weighted by atomic mass is 10.1. The number of unbranched alkanes of at least 4 members (excludes halogenated alkanes) is 7. The van der Waals surface area contributed by atoms with Crippen LogP contribution >= 0.6 is 0 Å². The normalized spacial score (nSPS) is 11.2. The van der Waals surface area contributed by atoms with E-state index in [2.05, 4.69) is 17.2 Å². The molecule has 0 amide bonds. The molecule has 2 aromatic rings. The fourth-order valence-electron chi connectivity index (χ4n) is 2.66. The van der Waals surface area contributed by atoms with Crippen LogP contribution < -0.4 is 4.74 Å². The minimum Gasteiger partial charge on any atom is -0.494 e. The summed E-state index contributed by atoms with van der Waals surface area (Å²) in [6.45, 7) is 3.00. The minimum absolute atomic E-state index is 0.276. The number of rotatable bonds is 12. The molecular weight excluding hydrogens is 327 g/mol. The predicted octanol–water partition coefficient (Wildman–Crippen LogP) is 7.76. The largest absolute Gasteiger partial charge is 0.494 e. The second-order valence-corrected chi connectivity index (χ2v) is 6.49. The zero-order valence-electron chi connectivity index (χ0n) is 15.7. The first-order valence-electron chi connectivity index (χ1n) is 9.68. The lowest BCUT2D eigenvalue weighted by molar-refractivity contribution is 0.304. The van der Waals surface area contributed by atoms with E-state index in [1.807, 2.05) is 24.3 Å². The molecule has 0 radical (unpaired) electrons. The summed E-state index contributed by atoms with van der Waals surface area (Å²) in [5.41, 5.74) is 1.37. The first kappa shape index (κ1) is 20.1. The van der Waals surface area contributed by atoms with Gasteiger partial charge < -0.3 is 4.74 Å². The summed E-state index contributed by atoms with van der Waals surface area (Å²) >= 11 is 0. The molecule has 0 spiro atoms.